The van der Waals surface area contributed by atoms with Crippen LogP contribution in [0.15, 0.2) is 35.3 Å². The molecule has 1 saturated heterocycles. The number of benzene rings is 1. The minimum absolute atomic E-state index is 0.780. The Morgan fingerprint density at radius 3 is 2.79 bits per heavy atom. The molecule has 0 amide bonds. The van der Waals surface area contributed by atoms with Crippen LogP contribution in [0.3, 0.4) is 0 Å². The van der Waals surface area contributed by atoms with Crippen molar-refractivity contribution in [3.05, 3.63) is 30.3 Å². The fourth-order valence-electron chi connectivity index (χ4n) is 2.78. The van der Waals surface area contributed by atoms with Gasteiger partial charge in [-0.2, -0.15) is 0 Å². The smallest absolute Gasteiger partial charge is 0.198 e. The Kier molecular flexibility index (Phi) is 3.98. The maximum absolute atomic E-state index is 4.59. The predicted octanol–water partition coefficient (Wildman–Crippen LogP) is 1.45. The molecule has 0 atom stereocenters. The van der Waals surface area contributed by atoms with Gasteiger partial charge in [0, 0.05) is 18.8 Å². The molecule has 0 bridgehead atoms. The predicted molar refractivity (Wildman–Crippen MR) is 79.7 cm³/mol. The zero-order valence-electron chi connectivity index (χ0n) is 11.3. The van der Waals surface area contributed by atoms with Crippen LogP contribution in [0, 0.1) is 5.92 Å². The van der Waals surface area contributed by atoms with Crippen molar-refractivity contribution >= 4 is 11.6 Å². The number of rotatable bonds is 3. The summed E-state index contributed by atoms with van der Waals surface area (Å²) in [6.07, 6.45) is 2.54. The summed E-state index contributed by atoms with van der Waals surface area (Å²) < 4.78 is 0. The van der Waals surface area contributed by atoms with Crippen molar-refractivity contribution in [1.82, 2.24) is 10.6 Å². The highest BCUT2D eigenvalue weighted by atomic mass is 15.3. The van der Waals surface area contributed by atoms with E-state index in [1.807, 2.05) is 0 Å². The SMILES string of the molecule is c1ccc(N2CCN=C2NCC2CCNCC2)cc1. The molecule has 0 spiro atoms. The first-order valence-corrected chi connectivity index (χ1v) is 7.25. The highest BCUT2D eigenvalue weighted by Crippen LogP contribution is 2.16. The van der Waals surface area contributed by atoms with Crippen LogP contribution in [0.25, 0.3) is 0 Å². The third kappa shape index (κ3) is 3.07. The summed E-state index contributed by atoms with van der Waals surface area (Å²) in [6, 6.07) is 10.5. The molecule has 0 unspecified atom stereocenters. The van der Waals surface area contributed by atoms with Crippen LogP contribution in [-0.2, 0) is 0 Å². The summed E-state index contributed by atoms with van der Waals surface area (Å²) in [4.78, 5) is 6.87. The normalized spacial score (nSPS) is 20.4. The van der Waals surface area contributed by atoms with Gasteiger partial charge in [-0.15, -0.1) is 0 Å². The molecule has 0 saturated carbocycles. The first kappa shape index (κ1) is 12.5. The zero-order chi connectivity index (χ0) is 12.9. The molecule has 102 valence electrons. The van der Waals surface area contributed by atoms with Crippen LogP contribution in [0.1, 0.15) is 12.8 Å². The molecule has 0 aliphatic carbocycles. The number of anilines is 1. The largest absolute Gasteiger partial charge is 0.356 e. The molecular weight excluding hydrogens is 236 g/mol. The van der Waals surface area contributed by atoms with Gasteiger partial charge in [-0.3, -0.25) is 4.99 Å². The van der Waals surface area contributed by atoms with Gasteiger partial charge in [0.25, 0.3) is 0 Å². The van der Waals surface area contributed by atoms with E-state index in [0.29, 0.717) is 0 Å². The first-order valence-electron chi connectivity index (χ1n) is 7.25. The lowest BCUT2D eigenvalue weighted by molar-refractivity contribution is 0.372. The Morgan fingerprint density at radius 2 is 2.00 bits per heavy atom. The number of aliphatic imine (C=N–C) groups is 1. The Balaban J connectivity index is 1.57. The molecule has 2 N–H and O–H groups in total. The molecule has 0 aromatic heterocycles. The highest BCUT2D eigenvalue weighted by Gasteiger charge is 2.20. The van der Waals surface area contributed by atoms with Gasteiger partial charge in [0.2, 0.25) is 0 Å². The minimum atomic E-state index is 0.780. The lowest BCUT2D eigenvalue weighted by atomic mass is 9.98. The number of nitrogens with one attached hydrogen (secondary N) is 2. The van der Waals surface area contributed by atoms with Gasteiger partial charge in [0.1, 0.15) is 0 Å². The van der Waals surface area contributed by atoms with E-state index in [1.165, 1.54) is 18.5 Å². The van der Waals surface area contributed by atoms with Crippen molar-refractivity contribution in [1.29, 1.82) is 0 Å². The molecule has 19 heavy (non-hydrogen) atoms. The summed E-state index contributed by atoms with van der Waals surface area (Å²) in [5.74, 6) is 1.83. The zero-order valence-corrected chi connectivity index (χ0v) is 11.3. The van der Waals surface area contributed by atoms with Crippen molar-refractivity contribution in [3.8, 4) is 0 Å². The molecule has 0 radical (unpaired) electrons. The third-order valence-electron chi connectivity index (χ3n) is 3.92. The third-order valence-corrected chi connectivity index (χ3v) is 3.92. The average molecular weight is 258 g/mol. The van der Waals surface area contributed by atoms with E-state index in [9.17, 15) is 0 Å². The quantitative estimate of drug-likeness (QED) is 0.862. The van der Waals surface area contributed by atoms with E-state index >= 15 is 0 Å². The van der Waals surface area contributed by atoms with Crippen molar-refractivity contribution < 1.29 is 0 Å². The van der Waals surface area contributed by atoms with Crippen LogP contribution >= 0.6 is 0 Å². The second-order valence-corrected chi connectivity index (χ2v) is 5.27. The van der Waals surface area contributed by atoms with Crippen molar-refractivity contribution in [3.63, 3.8) is 0 Å². The van der Waals surface area contributed by atoms with E-state index in [1.54, 1.807) is 0 Å². The van der Waals surface area contributed by atoms with Gasteiger partial charge in [-0.25, -0.2) is 0 Å². The van der Waals surface area contributed by atoms with Crippen LogP contribution < -0.4 is 15.5 Å². The molecule has 3 rings (SSSR count). The molecule has 2 aliphatic heterocycles. The van der Waals surface area contributed by atoms with E-state index in [-0.39, 0.29) is 0 Å². The molecule has 2 heterocycles. The monoisotopic (exact) mass is 258 g/mol. The number of nitrogens with zero attached hydrogens (tertiary/aromatic N) is 2. The molecule has 2 aliphatic rings. The fourth-order valence-corrected chi connectivity index (χ4v) is 2.78. The summed E-state index contributed by atoms with van der Waals surface area (Å²) in [5.41, 5.74) is 1.23. The molecule has 1 fully saturated rings. The van der Waals surface area contributed by atoms with Gasteiger partial charge in [-0.05, 0) is 44.0 Å². The number of hydrogen-bond donors (Lipinski definition) is 2. The Morgan fingerprint density at radius 1 is 1.21 bits per heavy atom. The molecule has 1 aromatic carbocycles. The Labute approximate surface area is 114 Å². The first-order chi connectivity index (χ1) is 9.43. The maximum Gasteiger partial charge on any atom is 0.198 e. The van der Waals surface area contributed by atoms with E-state index in [2.05, 4.69) is 50.9 Å². The van der Waals surface area contributed by atoms with Crippen LogP contribution in [0.5, 0.6) is 0 Å². The standard InChI is InChI=1S/C15H22N4/c1-2-4-14(5-3-1)19-11-10-17-15(19)18-12-13-6-8-16-9-7-13/h1-5,13,16H,6-12H2,(H,17,18). The van der Waals surface area contributed by atoms with Gasteiger partial charge in [0.15, 0.2) is 5.96 Å². The Bertz CT molecular complexity index is 423. The average Bonchev–Trinajstić information content (AvgIpc) is 2.95. The molecule has 4 nitrogen and oxygen atoms in total. The van der Waals surface area contributed by atoms with Crippen LogP contribution in [0.2, 0.25) is 0 Å². The van der Waals surface area contributed by atoms with E-state index in [0.717, 1.165) is 44.6 Å². The summed E-state index contributed by atoms with van der Waals surface area (Å²) >= 11 is 0. The van der Waals surface area contributed by atoms with E-state index in [4.69, 9.17) is 0 Å². The topological polar surface area (TPSA) is 39.7 Å². The minimum Gasteiger partial charge on any atom is -0.356 e. The highest BCUT2D eigenvalue weighted by molar-refractivity contribution is 5.97. The second kappa shape index (κ2) is 6.06. The van der Waals surface area contributed by atoms with Crippen molar-refractivity contribution in [2.75, 3.05) is 37.6 Å². The van der Waals surface area contributed by atoms with Gasteiger partial charge in [0.05, 0.1) is 6.54 Å². The summed E-state index contributed by atoms with van der Waals surface area (Å²) in [6.45, 7) is 5.23. The lowest BCUT2D eigenvalue weighted by Gasteiger charge is -2.26. The van der Waals surface area contributed by atoms with E-state index < -0.39 is 0 Å². The van der Waals surface area contributed by atoms with Gasteiger partial charge in [-0.1, -0.05) is 18.2 Å². The van der Waals surface area contributed by atoms with Gasteiger partial charge >= 0.3 is 0 Å². The maximum atomic E-state index is 4.59. The fraction of sp³-hybridized carbons (Fsp3) is 0.533. The van der Waals surface area contributed by atoms with Crippen LogP contribution in [-0.4, -0.2) is 38.7 Å². The van der Waals surface area contributed by atoms with Crippen LogP contribution in [0.4, 0.5) is 5.69 Å². The molecule has 4 heteroatoms. The molecular formula is C15H22N4. The van der Waals surface area contributed by atoms with Gasteiger partial charge < -0.3 is 15.5 Å². The lowest BCUT2D eigenvalue weighted by Crippen LogP contribution is -2.42. The molecule has 1 aromatic rings. The number of para-hydroxylation sites is 1. The Hall–Kier alpha value is -1.55. The number of hydrogen-bond acceptors (Lipinski definition) is 4. The summed E-state index contributed by atoms with van der Waals surface area (Å²) in [7, 11) is 0. The number of piperidine rings is 1. The van der Waals surface area contributed by atoms with Crippen molar-refractivity contribution in [2.24, 2.45) is 10.9 Å². The second-order valence-electron chi connectivity index (χ2n) is 5.27. The number of guanidine groups is 1. The summed E-state index contributed by atoms with van der Waals surface area (Å²) in [5, 5.41) is 6.96. The van der Waals surface area contributed by atoms with Crippen molar-refractivity contribution in [2.45, 2.75) is 12.8 Å².